The summed E-state index contributed by atoms with van der Waals surface area (Å²) in [5, 5.41) is 0.866. The zero-order valence-electron chi connectivity index (χ0n) is 11.4. The number of amides is 1. The van der Waals surface area contributed by atoms with Crippen LogP contribution in [0.15, 0.2) is 0 Å². The van der Waals surface area contributed by atoms with Crippen molar-refractivity contribution in [3.8, 4) is 0 Å². The van der Waals surface area contributed by atoms with Crippen molar-refractivity contribution in [2.45, 2.75) is 13.0 Å². The molecule has 7 nitrogen and oxygen atoms in total. The molecular formula is C12H18N4O3S. The van der Waals surface area contributed by atoms with Crippen LogP contribution in [0.25, 0.3) is 0 Å². The normalized spacial score (nSPS) is 23.9. The largest absolute Gasteiger partial charge is 0.378 e. The highest BCUT2D eigenvalue weighted by molar-refractivity contribution is 7.09. The number of hydrogen-bond donors (Lipinski definition) is 0. The molecule has 1 unspecified atom stereocenters. The lowest BCUT2D eigenvalue weighted by atomic mass is 10.2. The number of anilines is 1. The molecule has 1 amide bonds. The van der Waals surface area contributed by atoms with Gasteiger partial charge >= 0.3 is 0 Å². The van der Waals surface area contributed by atoms with E-state index in [2.05, 4.69) is 14.3 Å². The third kappa shape index (κ3) is 2.92. The van der Waals surface area contributed by atoms with Crippen LogP contribution in [-0.2, 0) is 14.3 Å². The fraction of sp³-hybridized carbons (Fsp3) is 0.750. The molecule has 0 bridgehead atoms. The van der Waals surface area contributed by atoms with E-state index in [1.807, 2.05) is 11.8 Å². The van der Waals surface area contributed by atoms with Crippen molar-refractivity contribution in [2.24, 2.45) is 0 Å². The minimum absolute atomic E-state index is 0.0548. The third-order valence-corrected chi connectivity index (χ3v) is 4.32. The lowest BCUT2D eigenvalue weighted by molar-refractivity contribution is -0.148. The molecule has 1 aromatic heterocycles. The van der Waals surface area contributed by atoms with Crippen molar-refractivity contribution >= 4 is 22.6 Å². The van der Waals surface area contributed by atoms with Crippen molar-refractivity contribution in [2.75, 3.05) is 50.9 Å². The van der Waals surface area contributed by atoms with Crippen LogP contribution in [0.2, 0.25) is 0 Å². The second-order valence-corrected chi connectivity index (χ2v) is 5.60. The molecule has 0 saturated carbocycles. The topological polar surface area (TPSA) is 67.8 Å². The lowest BCUT2D eigenvalue weighted by Gasteiger charge is -2.35. The molecule has 110 valence electrons. The first-order valence-electron chi connectivity index (χ1n) is 6.77. The van der Waals surface area contributed by atoms with Crippen molar-refractivity contribution < 1.29 is 14.3 Å². The molecule has 0 aromatic carbocycles. The van der Waals surface area contributed by atoms with Crippen LogP contribution in [-0.4, -0.2) is 72.3 Å². The van der Waals surface area contributed by atoms with E-state index in [0.717, 1.165) is 17.5 Å². The Hall–Kier alpha value is -1.25. The average molecular weight is 298 g/mol. The molecule has 3 rings (SSSR count). The summed E-state index contributed by atoms with van der Waals surface area (Å²) in [6.45, 7) is 6.23. The van der Waals surface area contributed by atoms with E-state index >= 15 is 0 Å². The molecule has 0 spiro atoms. The van der Waals surface area contributed by atoms with Gasteiger partial charge in [0, 0.05) is 31.2 Å². The lowest BCUT2D eigenvalue weighted by Crippen LogP contribution is -2.53. The van der Waals surface area contributed by atoms with Gasteiger partial charge in [0.25, 0.3) is 5.91 Å². The second kappa shape index (κ2) is 6.02. The van der Waals surface area contributed by atoms with Gasteiger partial charge in [-0.1, -0.05) is 0 Å². The van der Waals surface area contributed by atoms with Crippen LogP contribution in [0, 0.1) is 6.92 Å². The molecule has 20 heavy (non-hydrogen) atoms. The molecule has 1 atom stereocenters. The highest BCUT2D eigenvalue weighted by Crippen LogP contribution is 2.20. The van der Waals surface area contributed by atoms with Crippen LogP contribution in [0.4, 0.5) is 5.13 Å². The zero-order chi connectivity index (χ0) is 13.9. The minimum Gasteiger partial charge on any atom is -0.378 e. The Kier molecular flexibility index (Phi) is 4.13. The van der Waals surface area contributed by atoms with Crippen LogP contribution in [0.3, 0.4) is 0 Å². The van der Waals surface area contributed by atoms with Gasteiger partial charge < -0.3 is 19.3 Å². The molecule has 1 aromatic rings. The molecular weight excluding hydrogens is 280 g/mol. The van der Waals surface area contributed by atoms with Gasteiger partial charge in [0.05, 0.1) is 26.4 Å². The van der Waals surface area contributed by atoms with E-state index in [4.69, 9.17) is 9.47 Å². The average Bonchev–Trinajstić information content (AvgIpc) is 2.94. The van der Waals surface area contributed by atoms with Crippen molar-refractivity contribution in [3.63, 3.8) is 0 Å². The van der Waals surface area contributed by atoms with Crippen LogP contribution >= 0.6 is 11.5 Å². The van der Waals surface area contributed by atoms with Crippen LogP contribution in [0.5, 0.6) is 0 Å². The predicted molar refractivity (Wildman–Crippen MR) is 74.0 cm³/mol. The third-order valence-electron chi connectivity index (χ3n) is 3.45. The van der Waals surface area contributed by atoms with E-state index in [9.17, 15) is 4.79 Å². The standard InChI is InChI=1S/C12H18N4O3S/c1-9-13-12(20-14-9)16-4-7-19-10(8-16)11(17)15-2-5-18-6-3-15/h10H,2-8H2,1H3. The number of carbonyl (C=O) groups is 1. The Morgan fingerprint density at radius 3 is 2.80 bits per heavy atom. The molecule has 8 heteroatoms. The highest BCUT2D eigenvalue weighted by Gasteiger charge is 2.32. The number of rotatable bonds is 2. The molecule has 2 aliphatic heterocycles. The van der Waals surface area contributed by atoms with Crippen LogP contribution < -0.4 is 4.90 Å². The first-order chi connectivity index (χ1) is 9.74. The monoisotopic (exact) mass is 298 g/mol. The molecule has 2 saturated heterocycles. The smallest absolute Gasteiger partial charge is 0.253 e. The Morgan fingerprint density at radius 1 is 1.30 bits per heavy atom. The number of morpholine rings is 2. The predicted octanol–water partition coefficient (Wildman–Crippen LogP) is -0.0895. The summed E-state index contributed by atoms with van der Waals surface area (Å²) in [6, 6.07) is 0. The molecule has 0 aliphatic carbocycles. The molecule has 2 aliphatic rings. The Balaban J connectivity index is 1.63. The maximum atomic E-state index is 12.4. The maximum absolute atomic E-state index is 12.4. The van der Waals surface area contributed by atoms with Gasteiger partial charge in [0.15, 0.2) is 6.10 Å². The fourth-order valence-electron chi connectivity index (χ4n) is 2.37. The summed E-state index contributed by atoms with van der Waals surface area (Å²) < 4.78 is 15.1. The minimum atomic E-state index is -0.411. The SMILES string of the molecule is Cc1nsc(N2CCOC(C(=O)N3CCOCC3)C2)n1. The van der Waals surface area contributed by atoms with Crippen LogP contribution in [0.1, 0.15) is 5.82 Å². The van der Waals surface area contributed by atoms with E-state index in [1.54, 1.807) is 0 Å². The first kappa shape index (κ1) is 13.7. The quantitative estimate of drug-likeness (QED) is 0.760. The Morgan fingerprint density at radius 2 is 2.10 bits per heavy atom. The molecule has 3 heterocycles. The number of ether oxygens (including phenoxy) is 2. The van der Waals surface area contributed by atoms with Crippen molar-refractivity contribution in [3.05, 3.63) is 5.82 Å². The zero-order valence-corrected chi connectivity index (χ0v) is 12.3. The van der Waals surface area contributed by atoms with E-state index in [0.29, 0.717) is 39.5 Å². The van der Waals surface area contributed by atoms with E-state index in [-0.39, 0.29) is 5.91 Å². The number of aryl methyl sites for hydroxylation is 1. The van der Waals surface area contributed by atoms with Gasteiger partial charge in [-0.15, -0.1) is 0 Å². The second-order valence-electron chi connectivity index (χ2n) is 4.87. The summed E-state index contributed by atoms with van der Waals surface area (Å²) in [4.78, 5) is 20.7. The van der Waals surface area contributed by atoms with Gasteiger partial charge in [-0.05, 0) is 6.92 Å². The summed E-state index contributed by atoms with van der Waals surface area (Å²) in [5.41, 5.74) is 0. The Labute approximate surface area is 121 Å². The van der Waals surface area contributed by atoms with Gasteiger partial charge in [0.1, 0.15) is 5.82 Å². The number of aromatic nitrogens is 2. The summed E-state index contributed by atoms with van der Waals surface area (Å²) in [5.74, 6) is 0.826. The molecule has 2 fully saturated rings. The number of carbonyl (C=O) groups excluding carboxylic acids is 1. The van der Waals surface area contributed by atoms with Gasteiger partial charge in [-0.3, -0.25) is 4.79 Å². The Bertz CT molecular complexity index is 475. The van der Waals surface area contributed by atoms with Crippen molar-refractivity contribution in [1.82, 2.24) is 14.3 Å². The maximum Gasteiger partial charge on any atom is 0.253 e. The summed E-state index contributed by atoms with van der Waals surface area (Å²) in [7, 11) is 0. The van der Waals surface area contributed by atoms with E-state index in [1.165, 1.54) is 11.5 Å². The fourth-order valence-corrected chi connectivity index (χ4v) is 3.08. The number of nitrogens with zero attached hydrogens (tertiary/aromatic N) is 4. The molecule has 0 radical (unpaired) electrons. The van der Waals surface area contributed by atoms with Crippen molar-refractivity contribution in [1.29, 1.82) is 0 Å². The molecule has 0 N–H and O–H groups in total. The van der Waals surface area contributed by atoms with Gasteiger partial charge in [-0.2, -0.15) is 4.37 Å². The summed E-state index contributed by atoms with van der Waals surface area (Å²) in [6.07, 6.45) is -0.411. The van der Waals surface area contributed by atoms with E-state index < -0.39 is 6.10 Å². The van der Waals surface area contributed by atoms with Gasteiger partial charge in [0.2, 0.25) is 5.13 Å². The number of hydrogen-bond acceptors (Lipinski definition) is 7. The highest BCUT2D eigenvalue weighted by atomic mass is 32.1. The summed E-state index contributed by atoms with van der Waals surface area (Å²) >= 11 is 1.37. The van der Waals surface area contributed by atoms with Gasteiger partial charge in [-0.25, -0.2) is 4.98 Å². The first-order valence-corrected chi connectivity index (χ1v) is 7.55.